The topological polar surface area (TPSA) is 137 Å². The van der Waals surface area contributed by atoms with Gasteiger partial charge in [0, 0.05) is 19.7 Å². The summed E-state index contributed by atoms with van der Waals surface area (Å²) in [5, 5.41) is 0. The molecule has 0 radical (unpaired) electrons. The van der Waals surface area contributed by atoms with Gasteiger partial charge in [0.15, 0.2) is 0 Å². The Morgan fingerprint density at radius 3 is 2.95 bits per heavy atom. The zero-order valence-corrected chi connectivity index (χ0v) is 11.7. The summed E-state index contributed by atoms with van der Waals surface area (Å²) in [4.78, 5) is 34.6. The zero-order chi connectivity index (χ0) is 15.0. The lowest BCUT2D eigenvalue weighted by Crippen LogP contribution is -2.42. The molecule has 0 spiro atoms. The first-order chi connectivity index (χ1) is 9.30. The average molecular weight is 305 g/mol. The third-order valence-electron chi connectivity index (χ3n) is 3.16. The highest BCUT2D eigenvalue weighted by molar-refractivity contribution is 7.52. The normalized spacial score (nSPS) is 26.9. The van der Waals surface area contributed by atoms with Gasteiger partial charge < -0.3 is 25.0 Å². The van der Waals surface area contributed by atoms with Crippen LogP contribution in [0, 0.1) is 0 Å². The molecular weight excluding hydrogens is 289 g/mol. The average Bonchev–Trinajstić information content (AvgIpc) is 2.74. The molecule has 0 unspecified atom stereocenters. The predicted molar refractivity (Wildman–Crippen MR) is 68.9 cm³/mol. The van der Waals surface area contributed by atoms with Gasteiger partial charge in [0.2, 0.25) is 0 Å². The number of nitrogen functional groups attached to an aromatic ring is 1. The van der Waals surface area contributed by atoms with E-state index in [-0.39, 0.29) is 18.8 Å². The number of ether oxygens (including phenoxy) is 2. The van der Waals surface area contributed by atoms with Gasteiger partial charge in [-0.1, -0.05) is 0 Å². The number of aromatic nitrogens is 2. The van der Waals surface area contributed by atoms with Gasteiger partial charge in [0.25, 0.3) is 5.47 Å². The third-order valence-corrected chi connectivity index (χ3v) is 4.61. The van der Waals surface area contributed by atoms with Gasteiger partial charge in [-0.25, -0.2) is 4.79 Å². The van der Waals surface area contributed by atoms with Crippen molar-refractivity contribution in [1.29, 1.82) is 0 Å². The summed E-state index contributed by atoms with van der Waals surface area (Å²) in [6, 6.07) is 1.28. The van der Waals surface area contributed by atoms with E-state index < -0.39 is 24.9 Å². The molecule has 0 aromatic carbocycles. The molecule has 112 valence electrons. The summed E-state index contributed by atoms with van der Waals surface area (Å²) in [5.41, 5.74) is 2.46. The molecule has 1 saturated heterocycles. The molecule has 0 amide bonds. The molecule has 0 saturated carbocycles. The maximum absolute atomic E-state index is 11.9. The van der Waals surface area contributed by atoms with E-state index in [1.54, 1.807) is 0 Å². The minimum atomic E-state index is -4.76. The smallest absolute Gasteiger partial charge is 0.378 e. The summed E-state index contributed by atoms with van der Waals surface area (Å²) in [6.07, 6.45) is 1.02. The maximum atomic E-state index is 11.9. The van der Waals surface area contributed by atoms with Gasteiger partial charge in [0.05, 0.1) is 12.7 Å². The molecule has 1 aliphatic rings. The Morgan fingerprint density at radius 1 is 1.70 bits per heavy atom. The van der Waals surface area contributed by atoms with Crippen molar-refractivity contribution in [3.8, 4) is 0 Å². The summed E-state index contributed by atoms with van der Waals surface area (Å²) >= 11 is 0. The van der Waals surface area contributed by atoms with Gasteiger partial charge in [-0.2, -0.15) is 4.98 Å². The Bertz CT molecular complexity index is 599. The molecule has 2 heterocycles. The molecule has 4 N–H and O–H groups in total. The van der Waals surface area contributed by atoms with Gasteiger partial charge in [0.1, 0.15) is 5.82 Å². The Kier molecular flexibility index (Phi) is 3.99. The lowest BCUT2D eigenvalue weighted by molar-refractivity contribution is -0.0752. The van der Waals surface area contributed by atoms with Crippen molar-refractivity contribution in [3.63, 3.8) is 0 Å². The highest BCUT2D eigenvalue weighted by Crippen LogP contribution is 2.60. The van der Waals surface area contributed by atoms with Crippen LogP contribution >= 0.6 is 7.60 Å². The van der Waals surface area contributed by atoms with E-state index in [1.807, 2.05) is 0 Å². The Balaban J connectivity index is 2.50. The first-order valence-corrected chi connectivity index (χ1v) is 7.49. The fourth-order valence-electron chi connectivity index (χ4n) is 2.25. The minimum absolute atomic E-state index is 0.0171. The zero-order valence-electron chi connectivity index (χ0n) is 10.8. The second-order valence-electron chi connectivity index (χ2n) is 4.53. The second kappa shape index (κ2) is 5.27. The van der Waals surface area contributed by atoms with E-state index in [9.17, 15) is 19.1 Å². The van der Waals surface area contributed by atoms with Gasteiger partial charge in [-0.15, -0.1) is 0 Å². The van der Waals surface area contributed by atoms with Crippen LogP contribution in [0.2, 0.25) is 0 Å². The van der Waals surface area contributed by atoms with Crippen molar-refractivity contribution in [3.05, 3.63) is 22.7 Å². The summed E-state index contributed by atoms with van der Waals surface area (Å²) in [7, 11) is -3.31. The van der Waals surface area contributed by atoms with E-state index in [0.29, 0.717) is 6.42 Å². The lowest BCUT2D eigenvalue weighted by Gasteiger charge is -2.31. The molecular formula is C10H16N3O6P. The van der Waals surface area contributed by atoms with Crippen LogP contribution in [0.25, 0.3) is 0 Å². The molecule has 20 heavy (non-hydrogen) atoms. The van der Waals surface area contributed by atoms with Gasteiger partial charge in [-0.3, -0.25) is 9.13 Å². The number of rotatable bonds is 4. The SMILES string of the molecule is COC[C@@H]1CC[C@](n2ccc(N)nc2=O)(P(=O)(O)O)O1. The van der Waals surface area contributed by atoms with Crippen LogP contribution < -0.4 is 11.4 Å². The van der Waals surface area contributed by atoms with Crippen LogP contribution in [0.15, 0.2) is 17.1 Å². The molecule has 1 aromatic rings. The molecule has 1 aromatic heterocycles. The number of nitrogens with two attached hydrogens (primary N) is 1. The van der Waals surface area contributed by atoms with E-state index in [4.69, 9.17) is 15.2 Å². The molecule has 2 atom stereocenters. The summed E-state index contributed by atoms with van der Waals surface area (Å²) in [5.74, 6) is -0.0291. The molecule has 10 heteroatoms. The number of anilines is 1. The van der Waals surface area contributed by atoms with Crippen molar-refractivity contribution in [2.75, 3.05) is 19.5 Å². The van der Waals surface area contributed by atoms with Crippen LogP contribution in [0.5, 0.6) is 0 Å². The second-order valence-corrected chi connectivity index (χ2v) is 6.31. The number of methoxy groups -OCH3 is 1. The van der Waals surface area contributed by atoms with Crippen molar-refractivity contribution >= 4 is 13.4 Å². The molecule has 0 bridgehead atoms. The molecule has 1 aliphatic heterocycles. The first kappa shape index (κ1) is 15.1. The molecule has 1 fully saturated rings. The standard InChI is InChI=1S/C10H16N3O6P/c1-18-6-7-2-4-10(19-7,20(15,16)17)13-5-3-8(11)12-9(13)14/h3,5,7H,2,4,6H2,1H3,(H2,11,12,14)(H2,15,16,17)/t7-,10+/m0/s1. The van der Waals surface area contributed by atoms with Crippen molar-refractivity contribution < 1.29 is 23.8 Å². The number of hydrogen-bond donors (Lipinski definition) is 3. The van der Waals surface area contributed by atoms with Crippen LogP contribution in [0.3, 0.4) is 0 Å². The number of nitrogens with zero attached hydrogens (tertiary/aromatic N) is 2. The minimum Gasteiger partial charge on any atom is -0.383 e. The van der Waals surface area contributed by atoms with Gasteiger partial charge in [-0.05, 0) is 12.5 Å². The highest BCUT2D eigenvalue weighted by Gasteiger charge is 2.56. The Hall–Kier alpha value is -1.25. The molecule has 2 rings (SSSR count). The van der Waals surface area contributed by atoms with E-state index in [2.05, 4.69) is 4.98 Å². The number of hydrogen-bond acceptors (Lipinski definition) is 6. The monoisotopic (exact) mass is 305 g/mol. The summed E-state index contributed by atoms with van der Waals surface area (Å²) < 4.78 is 23.0. The Labute approximate surface area is 114 Å². The van der Waals surface area contributed by atoms with E-state index in [1.165, 1.54) is 19.4 Å². The van der Waals surface area contributed by atoms with Crippen LogP contribution in [-0.4, -0.2) is 39.2 Å². The molecule has 0 aliphatic carbocycles. The lowest BCUT2D eigenvalue weighted by atomic mass is 10.2. The van der Waals surface area contributed by atoms with Crippen LogP contribution in [-0.2, 0) is 19.5 Å². The fraction of sp³-hybridized carbons (Fsp3) is 0.600. The predicted octanol–water partition coefficient (Wildman–Crippen LogP) is -0.561. The maximum Gasteiger partial charge on any atom is 0.378 e. The van der Waals surface area contributed by atoms with E-state index >= 15 is 0 Å². The molecule has 9 nitrogen and oxygen atoms in total. The van der Waals surface area contributed by atoms with Crippen molar-refractivity contribution in [1.82, 2.24) is 9.55 Å². The first-order valence-electron chi connectivity index (χ1n) is 5.88. The van der Waals surface area contributed by atoms with Crippen LogP contribution in [0.1, 0.15) is 12.8 Å². The largest absolute Gasteiger partial charge is 0.383 e. The fourth-order valence-corrected chi connectivity index (χ4v) is 3.39. The van der Waals surface area contributed by atoms with Gasteiger partial charge >= 0.3 is 13.3 Å². The van der Waals surface area contributed by atoms with Crippen molar-refractivity contribution in [2.45, 2.75) is 24.4 Å². The quantitative estimate of drug-likeness (QED) is 0.629. The van der Waals surface area contributed by atoms with Crippen LogP contribution in [0.4, 0.5) is 5.82 Å². The van der Waals surface area contributed by atoms with E-state index in [0.717, 1.165) is 4.57 Å². The van der Waals surface area contributed by atoms with Crippen molar-refractivity contribution in [2.24, 2.45) is 0 Å². The highest BCUT2D eigenvalue weighted by atomic mass is 31.2. The Morgan fingerprint density at radius 2 is 2.40 bits per heavy atom. The summed E-state index contributed by atoms with van der Waals surface area (Å²) in [6.45, 7) is 0.179. The third kappa shape index (κ3) is 2.50.